The average molecular weight is 298 g/mol. The van der Waals surface area contributed by atoms with E-state index < -0.39 is 5.91 Å². The van der Waals surface area contributed by atoms with Gasteiger partial charge < -0.3 is 10.6 Å². The Bertz CT molecular complexity index is 773. The van der Waals surface area contributed by atoms with Crippen molar-refractivity contribution in [2.45, 2.75) is 19.5 Å². The second-order valence-corrected chi connectivity index (χ2v) is 5.40. The first-order valence-corrected chi connectivity index (χ1v) is 6.96. The molecule has 2 N–H and O–H groups in total. The van der Waals surface area contributed by atoms with Crippen molar-refractivity contribution in [2.75, 3.05) is 0 Å². The third kappa shape index (κ3) is 2.35. The van der Waals surface area contributed by atoms with Crippen molar-refractivity contribution in [3.8, 4) is 0 Å². The van der Waals surface area contributed by atoms with E-state index in [1.54, 1.807) is 35.2 Å². The largest absolute Gasteiger partial charge is 0.366 e. The normalized spacial score (nSPS) is 14.8. The maximum Gasteiger partial charge on any atom is 0.255 e. The number of carbonyl (C=O) groups is 2. The van der Waals surface area contributed by atoms with Crippen molar-refractivity contribution in [1.29, 1.82) is 0 Å². The van der Waals surface area contributed by atoms with Crippen LogP contribution in [0.2, 0.25) is 0 Å². The van der Waals surface area contributed by atoms with E-state index >= 15 is 0 Å². The van der Waals surface area contributed by atoms with Crippen LogP contribution in [0, 0.1) is 5.82 Å². The van der Waals surface area contributed by atoms with Gasteiger partial charge in [0.05, 0.1) is 6.04 Å². The van der Waals surface area contributed by atoms with Crippen LogP contribution >= 0.6 is 0 Å². The molecule has 2 aromatic rings. The maximum atomic E-state index is 13.4. The molecule has 0 fully saturated rings. The summed E-state index contributed by atoms with van der Waals surface area (Å²) in [6, 6.07) is 10.8. The molecule has 1 atom stereocenters. The standard InChI is InChI=1S/C17H15FN2O2/c1-10(11-3-2-4-14(18)8-11)20-9-13-7-12(16(19)21)5-6-15(13)17(20)22/h2-8,10H,9H2,1H3,(H2,19,21)/t10-/m0/s1. The van der Waals surface area contributed by atoms with Gasteiger partial charge in [-0.3, -0.25) is 9.59 Å². The third-order valence-electron chi connectivity index (χ3n) is 4.02. The first-order chi connectivity index (χ1) is 10.5. The van der Waals surface area contributed by atoms with Gasteiger partial charge in [-0.2, -0.15) is 0 Å². The van der Waals surface area contributed by atoms with Gasteiger partial charge in [-0.15, -0.1) is 0 Å². The molecule has 1 aliphatic heterocycles. The fourth-order valence-corrected chi connectivity index (χ4v) is 2.76. The lowest BCUT2D eigenvalue weighted by molar-refractivity contribution is 0.0715. The van der Waals surface area contributed by atoms with E-state index in [1.807, 2.05) is 6.92 Å². The van der Waals surface area contributed by atoms with Crippen LogP contribution in [-0.2, 0) is 6.54 Å². The summed E-state index contributed by atoms with van der Waals surface area (Å²) < 4.78 is 13.4. The molecule has 0 unspecified atom stereocenters. The number of nitrogens with zero attached hydrogens (tertiary/aromatic N) is 1. The lowest BCUT2D eigenvalue weighted by Gasteiger charge is -2.24. The fourth-order valence-electron chi connectivity index (χ4n) is 2.76. The summed E-state index contributed by atoms with van der Waals surface area (Å²) in [7, 11) is 0. The topological polar surface area (TPSA) is 63.4 Å². The van der Waals surface area contributed by atoms with Crippen LogP contribution in [0.1, 0.15) is 44.8 Å². The lowest BCUT2D eigenvalue weighted by Crippen LogP contribution is -2.27. The molecular formula is C17H15FN2O2. The summed E-state index contributed by atoms with van der Waals surface area (Å²) in [6.07, 6.45) is 0. The van der Waals surface area contributed by atoms with E-state index in [-0.39, 0.29) is 17.8 Å². The van der Waals surface area contributed by atoms with Gasteiger partial charge in [0.1, 0.15) is 5.82 Å². The van der Waals surface area contributed by atoms with Gasteiger partial charge in [0, 0.05) is 17.7 Å². The monoisotopic (exact) mass is 298 g/mol. The van der Waals surface area contributed by atoms with E-state index in [2.05, 4.69) is 0 Å². The molecule has 2 amide bonds. The molecule has 0 saturated heterocycles. The lowest BCUT2D eigenvalue weighted by atomic mass is 10.1. The van der Waals surface area contributed by atoms with Crippen LogP contribution in [0.4, 0.5) is 4.39 Å². The predicted octanol–water partition coefficient (Wildman–Crippen LogP) is 2.64. The summed E-state index contributed by atoms with van der Waals surface area (Å²) in [6.45, 7) is 2.24. The number of halogens is 1. The van der Waals surface area contributed by atoms with Gasteiger partial charge in [-0.25, -0.2) is 4.39 Å². The number of hydrogen-bond donors (Lipinski definition) is 1. The number of nitrogens with two attached hydrogens (primary N) is 1. The Kier molecular flexibility index (Phi) is 3.41. The molecule has 0 spiro atoms. The van der Waals surface area contributed by atoms with E-state index in [1.165, 1.54) is 12.1 Å². The Hall–Kier alpha value is -2.69. The van der Waals surface area contributed by atoms with E-state index in [4.69, 9.17) is 5.73 Å². The molecule has 1 heterocycles. The van der Waals surface area contributed by atoms with Gasteiger partial charge in [-0.05, 0) is 48.4 Å². The minimum Gasteiger partial charge on any atom is -0.366 e. The minimum absolute atomic E-state index is 0.122. The van der Waals surface area contributed by atoms with Crippen LogP contribution in [-0.4, -0.2) is 16.7 Å². The smallest absolute Gasteiger partial charge is 0.255 e. The Labute approximate surface area is 127 Å². The van der Waals surface area contributed by atoms with Gasteiger partial charge in [-0.1, -0.05) is 12.1 Å². The third-order valence-corrected chi connectivity index (χ3v) is 4.02. The van der Waals surface area contributed by atoms with Crippen molar-refractivity contribution >= 4 is 11.8 Å². The van der Waals surface area contributed by atoms with Gasteiger partial charge in [0.2, 0.25) is 5.91 Å². The molecule has 0 aromatic heterocycles. The second-order valence-electron chi connectivity index (χ2n) is 5.40. The summed E-state index contributed by atoms with van der Waals surface area (Å²) in [5.41, 5.74) is 7.71. The molecule has 3 rings (SSSR count). The highest BCUT2D eigenvalue weighted by Gasteiger charge is 2.31. The Morgan fingerprint density at radius 3 is 2.73 bits per heavy atom. The zero-order valence-corrected chi connectivity index (χ0v) is 12.0. The Morgan fingerprint density at radius 1 is 1.27 bits per heavy atom. The number of primary amides is 1. The molecular weight excluding hydrogens is 283 g/mol. The fraction of sp³-hybridized carbons (Fsp3) is 0.176. The predicted molar refractivity (Wildman–Crippen MR) is 79.6 cm³/mol. The summed E-state index contributed by atoms with van der Waals surface area (Å²) in [5, 5.41) is 0. The van der Waals surface area contributed by atoms with Gasteiger partial charge in [0.25, 0.3) is 5.91 Å². The highest BCUT2D eigenvalue weighted by atomic mass is 19.1. The molecule has 2 aromatic carbocycles. The molecule has 0 aliphatic carbocycles. The minimum atomic E-state index is -0.521. The Morgan fingerprint density at radius 2 is 2.05 bits per heavy atom. The summed E-state index contributed by atoms with van der Waals surface area (Å²) in [5.74, 6) is -0.973. The number of benzene rings is 2. The number of rotatable bonds is 3. The number of hydrogen-bond acceptors (Lipinski definition) is 2. The van der Waals surface area contributed by atoms with Crippen molar-refractivity contribution in [3.05, 3.63) is 70.5 Å². The first-order valence-electron chi connectivity index (χ1n) is 6.96. The molecule has 0 radical (unpaired) electrons. The number of fused-ring (bicyclic) bond motifs is 1. The first kappa shape index (κ1) is 14.3. The molecule has 0 bridgehead atoms. The molecule has 112 valence electrons. The van der Waals surface area contributed by atoms with Crippen LogP contribution in [0.5, 0.6) is 0 Å². The average Bonchev–Trinajstić information content (AvgIpc) is 2.83. The van der Waals surface area contributed by atoms with Crippen LogP contribution < -0.4 is 5.73 Å². The molecule has 1 aliphatic rings. The van der Waals surface area contributed by atoms with Crippen molar-refractivity contribution in [1.82, 2.24) is 4.90 Å². The summed E-state index contributed by atoms with van der Waals surface area (Å²) in [4.78, 5) is 25.4. The highest BCUT2D eigenvalue weighted by molar-refractivity contribution is 6.00. The second kappa shape index (κ2) is 5.26. The highest BCUT2D eigenvalue weighted by Crippen LogP contribution is 2.31. The van der Waals surface area contributed by atoms with Crippen molar-refractivity contribution in [2.24, 2.45) is 5.73 Å². The molecule has 0 saturated carbocycles. The molecule has 5 heteroatoms. The van der Waals surface area contributed by atoms with Crippen molar-refractivity contribution < 1.29 is 14.0 Å². The molecule has 22 heavy (non-hydrogen) atoms. The van der Waals surface area contributed by atoms with Crippen LogP contribution in [0.3, 0.4) is 0 Å². The Balaban J connectivity index is 1.91. The van der Waals surface area contributed by atoms with E-state index in [0.29, 0.717) is 17.7 Å². The number of carbonyl (C=O) groups excluding carboxylic acids is 2. The SMILES string of the molecule is C[C@@H](c1cccc(F)c1)N1Cc2cc(C(N)=O)ccc2C1=O. The van der Waals surface area contributed by atoms with Gasteiger partial charge in [0.15, 0.2) is 0 Å². The van der Waals surface area contributed by atoms with E-state index in [9.17, 15) is 14.0 Å². The van der Waals surface area contributed by atoms with Crippen LogP contribution in [0.15, 0.2) is 42.5 Å². The van der Waals surface area contributed by atoms with Crippen LogP contribution in [0.25, 0.3) is 0 Å². The van der Waals surface area contributed by atoms with E-state index in [0.717, 1.165) is 11.1 Å². The number of amides is 2. The molecule has 4 nitrogen and oxygen atoms in total. The maximum absolute atomic E-state index is 13.4. The van der Waals surface area contributed by atoms with Crippen molar-refractivity contribution in [3.63, 3.8) is 0 Å². The summed E-state index contributed by atoms with van der Waals surface area (Å²) >= 11 is 0. The van der Waals surface area contributed by atoms with Gasteiger partial charge >= 0.3 is 0 Å². The zero-order valence-electron chi connectivity index (χ0n) is 12.0. The zero-order chi connectivity index (χ0) is 15.9. The quantitative estimate of drug-likeness (QED) is 0.946.